The van der Waals surface area contributed by atoms with Gasteiger partial charge in [-0.15, -0.1) is 0 Å². The molecule has 3 rings (SSSR count). The first-order valence-corrected chi connectivity index (χ1v) is 6.99. The van der Waals surface area contributed by atoms with Gasteiger partial charge in [-0.1, -0.05) is 6.92 Å². The van der Waals surface area contributed by atoms with E-state index in [4.69, 9.17) is 15.5 Å². The molecule has 2 aromatic rings. The molecule has 0 spiro atoms. The van der Waals surface area contributed by atoms with Crippen LogP contribution in [0.4, 0.5) is 5.69 Å². The fourth-order valence-electron chi connectivity index (χ4n) is 3.02. The lowest BCUT2D eigenvalue weighted by Gasteiger charge is -2.36. The molecular weight excluding hydrogens is 238 g/mol. The molecule has 0 atom stereocenters. The SMILES string of the molecule is CCc1nc2cc(N)ccc2n1C1(C)CCOCC1. The number of ether oxygens (including phenoxy) is 1. The van der Waals surface area contributed by atoms with Crippen LogP contribution in [-0.4, -0.2) is 22.8 Å². The fraction of sp³-hybridized carbons (Fsp3) is 0.533. The number of hydrogen-bond donors (Lipinski definition) is 1. The predicted molar refractivity (Wildman–Crippen MR) is 77.2 cm³/mol. The van der Waals surface area contributed by atoms with Gasteiger partial charge in [-0.2, -0.15) is 0 Å². The molecule has 1 aromatic carbocycles. The number of hydrogen-bond acceptors (Lipinski definition) is 3. The second-order valence-electron chi connectivity index (χ2n) is 5.57. The zero-order valence-electron chi connectivity index (χ0n) is 11.6. The first-order chi connectivity index (χ1) is 9.14. The average molecular weight is 259 g/mol. The Bertz CT molecular complexity index is 597. The van der Waals surface area contributed by atoms with Crippen molar-refractivity contribution in [1.82, 2.24) is 9.55 Å². The molecule has 1 saturated heterocycles. The molecule has 0 aliphatic carbocycles. The standard InChI is InChI=1S/C15H21N3O/c1-3-14-17-12-10-11(16)4-5-13(12)18(14)15(2)6-8-19-9-7-15/h4-5,10H,3,6-9,16H2,1-2H3. The summed E-state index contributed by atoms with van der Waals surface area (Å²) in [6.45, 7) is 6.12. The summed E-state index contributed by atoms with van der Waals surface area (Å²) >= 11 is 0. The van der Waals surface area contributed by atoms with Crippen LogP contribution in [0.2, 0.25) is 0 Å². The molecule has 19 heavy (non-hydrogen) atoms. The normalized spacial score (nSPS) is 18.8. The van der Waals surface area contributed by atoms with Crippen molar-refractivity contribution in [2.24, 2.45) is 0 Å². The Kier molecular flexibility index (Phi) is 2.97. The summed E-state index contributed by atoms with van der Waals surface area (Å²) in [5, 5.41) is 0. The summed E-state index contributed by atoms with van der Waals surface area (Å²) in [4.78, 5) is 4.75. The van der Waals surface area contributed by atoms with Crippen molar-refractivity contribution < 1.29 is 4.74 Å². The summed E-state index contributed by atoms with van der Waals surface area (Å²) in [5.74, 6) is 1.14. The summed E-state index contributed by atoms with van der Waals surface area (Å²) in [7, 11) is 0. The van der Waals surface area contributed by atoms with Crippen molar-refractivity contribution in [2.75, 3.05) is 18.9 Å². The third-order valence-electron chi connectivity index (χ3n) is 4.17. The molecule has 4 heteroatoms. The number of fused-ring (bicyclic) bond motifs is 1. The van der Waals surface area contributed by atoms with Crippen molar-refractivity contribution in [3.05, 3.63) is 24.0 Å². The van der Waals surface area contributed by atoms with Crippen molar-refractivity contribution in [2.45, 2.75) is 38.6 Å². The van der Waals surface area contributed by atoms with Crippen LogP contribution in [0, 0.1) is 0 Å². The molecule has 1 aliphatic rings. The van der Waals surface area contributed by atoms with Crippen LogP contribution in [0.3, 0.4) is 0 Å². The molecule has 1 aromatic heterocycles. The Morgan fingerprint density at radius 2 is 2.11 bits per heavy atom. The number of nitrogens with zero attached hydrogens (tertiary/aromatic N) is 2. The summed E-state index contributed by atoms with van der Waals surface area (Å²) in [6, 6.07) is 6.02. The maximum Gasteiger partial charge on any atom is 0.110 e. The van der Waals surface area contributed by atoms with Crippen LogP contribution in [0.1, 0.15) is 32.5 Å². The number of rotatable bonds is 2. The van der Waals surface area contributed by atoms with E-state index in [1.54, 1.807) is 0 Å². The minimum atomic E-state index is 0.106. The summed E-state index contributed by atoms with van der Waals surface area (Å²) < 4.78 is 7.92. The van der Waals surface area contributed by atoms with E-state index >= 15 is 0 Å². The number of aryl methyl sites for hydroxylation is 1. The number of nitrogens with two attached hydrogens (primary N) is 1. The van der Waals surface area contributed by atoms with Crippen LogP contribution in [-0.2, 0) is 16.7 Å². The smallest absolute Gasteiger partial charge is 0.110 e. The maximum absolute atomic E-state index is 5.87. The van der Waals surface area contributed by atoms with E-state index in [1.807, 2.05) is 12.1 Å². The minimum absolute atomic E-state index is 0.106. The van der Waals surface area contributed by atoms with E-state index in [2.05, 4.69) is 24.5 Å². The number of aromatic nitrogens is 2. The van der Waals surface area contributed by atoms with Gasteiger partial charge in [0.1, 0.15) is 5.82 Å². The van der Waals surface area contributed by atoms with Gasteiger partial charge in [-0.25, -0.2) is 4.98 Å². The molecular formula is C15H21N3O. The Morgan fingerprint density at radius 1 is 1.37 bits per heavy atom. The van der Waals surface area contributed by atoms with E-state index in [-0.39, 0.29) is 5.54 Å². The third-order valence-corrected chi connectivity index (χ3v) is 4.17. The van der Waals surface area contributed by atoms with Gasteiger partial charge in [0.05, 0.1) is 11.0 Å². The second-order valence-corrected chi connectivity index (χ2v) is 5.57. The minimum Gasteiger partial charge on any atom is -0.399 e. The van der Waals surface area contributed by atoms with Gasteiger partial charge in [0.15, 0.2) is 0 Å². The van der Waals surface area contributed by atoms with Crippen LogP contribution >= 0.6 is 0 Å². The number of imidazole rings is 1. The lowest BCUT2D eigenvalue weighted by molar-refractivity contribution is 0.0301. The van der Waals surface area contributed by atoms with Gasteiger partial charge >= 0.3 is 0 Å². The lowest BCUT2D eigenvalue weighted by atomic mass is 9.91. The first-order valence-electron chi connectivity index (χ1n) is 6.99. The summed E-state index contributed by atoms with van der Waals surface area (Å²) in [5.41, 5.74) is 8.94. The van der Waals surface area contributed by atoms with Crippen molar-refractivity contribution >= 4 is 16.7 Å². The van der Waals surface area contributed by atoms with Crippen LogP contribution in [0.15, 0.2) is 18.2 Å². The number of benzene rings is 1. The second kappa shape index (κ2) is 4.53. The van der Waals surface area contributed by atoms with E-state index in [0.717, 1.165) is 49.5 Å². The quantitative estimate of drug-likeness (QED) is 0.844. The highest BCUT2D eigenvalue weighted by atomic mass is 16.5. The summed E-state index contributed by atoms with van der Waals surface area (Å²) in [6.07, 6.45) is 3.01. The van der Waals surface area contributed by atoms with E-state index < -0.39 is 0 Å². The third kappa shape index (κ3) is 2.00. The zero-order chi connectivity index (χ0) is 13.5. The fourth-order valence-corrected chi connectivity index (χ4v) is 3.02. The molecule has 102 valence electrons. The highest BCUT2D eigenvalue weighted by molar-refractivity contribution is 5.80. The van der Waals surface area contributed by atoms with Crippen molar-refractivity contribution in [3.8, 4) is 0 Å². The predicted octanol–water partition coefficient (Wildman–Crippen LogP) is 2.71. The molecule has 0 radical (unpaired) electrons. The highest BCUT2D eigenvalue weighted by Gasteiger charge is 2.32. The maximum atomic E-state index is 5.87. The van der Waals surface area contributed by atoms with Gasteiger partial charge < -0.3 is 15.0 Å². The highest BCUT2D eigenvalue weighted by Crippen LogP contribution is 2.34. The monoisotopic (exact) mass is 259 g/mol. The number of anilines is 1. The lowest BCUT2D eigenvalue weighted by Crippen LogP contribution is -2.37. The topological polar surface area (TPSA) is 53.1 Å². The Hall–Kier alpha value is -1.55. The van der Waals surface area contributed by atoms with Gasteiger partial charge in [0.25, 0.3) is 0 Å². The molecule has 4 nitrogen and oxygen atoms in total. The van der Waals surface area contributed by atoms with Crippen molar-refractivity contribution in [1.29, 1.82) is 0 Å². The van der Waals surface area contributed by atoms with Crippen LogP contribution in [0.25, 0.3) is 11.0 Å². The van der Waals surface area contributed by atoms with Crippen LogP contribution in [0.5, 0.6) is 0 Å². The Morgan fingerprint density at radius 3 is 2.79 bits per heavy atom. The molecule has 0 bridgehead atoms. The Balaban J connectivity index is 2.20. The molecule has 2 N–H and O–H groups in total. The zero-order valence-corrected chi connectivity index (χ0v) is 11.6. The molecule has 0 amide bonds. The van der Waals surface area contributed by atoms with Crippen LogP contribution < -0.4 is 5.73 Å². The molecule has 1 fully saturated rings. The van der Waals surface area contributed by atoms with Gasteiger partial charge in [-0.05, 0) is 38.0 Å². The molecule has 0 unspecified atom stereocenters. The number of nitrogen functional groups attached to an aromatic ring is 1. The molecule has 2 heterocycles. The Labute approximate surface area is 113 Å². The first kappa shape index (κ1) is 12.5. The largest absolute Gasteiger partial charge is 0.399 e. The van der Waals surface area contributed by atoms with Crippen molar-refractivity contribution in [3.63, 3.8) is 0 Å². The van der Waals surface area contributed by atoms with Gasteiger partial charge in [0.2, 0.25) is 0 Å². The van der Waals surface area contributed by atoms with E-state index in [0.29, 0.717) is 0 Å². The molecule has 1 aliphatic heterocycles. The average Bonchev–Trinajstić information content (AvgIpc) is 2.77. The van der Waals surface area contributed by atoms with Gasteiger partial charge in [0, 0.05) is 30.9 Å². The molecule has 0 saturated carbocycles. The van der Waals surface area contributed by atoms with E-state index in [9.17, 15) is 0 Å². The van der Waals surface area contributed by atoms with Gasteiger partial charge in [-0.3, -0.25) is 0 Å². The van der Waals surface area contributed by atoms with E-state index in [1.165, 1.54) is 5.52 Å².